The average molecular weight is 897 g/mol. The standard InChI is InChI=1S/C52H90O7S.K/c1-3-5-7-9-11-13-15-17-19-21-23-25-27-29-31-33-35-37-39-41-45-58-51(53)49-44-43-48(60(55,56)57)47-50(49)52(54)59-46-42-40-38-36-34-32-30-28-26-24-22-20-18-16-14-12-10-8-6-4-2;/h3-4,43-44,47H,1-2,5-42,45-46H2,(H,55,56,57);/q;+1/p-1. The molecule has 1 aromatic rings. The van der Waals surface area contributed by atoms with Crippen LogP contribution in [0.4, 0.5) is 0 Å². The molecule has 0 heterocycles. The van der Waals surface area contributed by atoms with Gasteiger partial charge in [0.2, 0.25) is 0 Å². The number of ether oxygens (including phenoxy) is 2. The van der Waals surface area contributed by atoms with Crippen molar-refractivity contribution in [3.63, 3.8) is 0 Å². The number of hydrogen-bond donors (Lipinski definition) is 0. The number of carbonyl (C=O) groups is 2. The monoisotopic (exact) mass is 897 g/mol. The van der Waals surface area contributed by atoms with E-state index in [4.69, 9.17) is 9.47 Å². The second kappa shape index (κ2) is 44.4. The largest absolute Gasteiger partial charge is 1.00 e. The van der Waals surface area contributed by atoms with Gasteiger partial charge in [-0.2, -0.15) is 0 Å². The van der Waals surface area contributed by atoms with E-state index < -0.39 is 27.0 Å². The van der Waals surface area contributed by atoms with Gasteiger partial charge in [-0.1, -0.05) is 218 Å². The van der Waals surface area contributed by atoms with E-state index in [0.29, 0.717) is 12.8 Å². The van der Waals surface area contributed by atoms with Crippen LogP contribution in [0.5, 0.6) is 0 Å². The minimum Gasteiger partial charge on any atom is -0.744 e. The Hall–Kier alpha value is -0.814. The van der Waals surface area contributed by atoms with Crippen molar-refractivity contribution >= 4 is 22.1 Å². The van der Waals surface area contributed by atoms with Gasteiger partial charge >= 0.3 is 63.3 Å². The molecule has 0 spiro atoms. The first-order valence-corrected chi connectivity index (χ1v) is 26.4. The molecule has 0 aliphatic rings. The molecule has 0 radical (unpaired) electrons. The summed E-state index contributed by atoms with van der Waals surface area (Å²) in [4.78, 5) is 25.3. The Morgan fingerprint density at radius 2 is 0.672 bits per heavy atom. The first kappa shape index (κ1) is 60.2. The zero-order chi connectivity index (χ0) is 43.6. The van der Waals surface area contributed by atoms with Crippen molar-refractivity contribution in [2.24, 2.45) is 0 Å². The Morgan fingerprint density at radius 3 is 0.934 bits per heavy atom. The van der Waals surface area contributed by atoms with Crippen molar-refractivity contribution in [1.82, 2.24) is 0 Å². The summed E-state index contributed by atoms with van der Waals surface area (Å²) in [7, 11) is -4.82. The maximum Gasteiger partial charge on any atom is 1.00 e. The van der Waals surface area contributed by atoms with E-state index >= 15 is 0 Å². The van der Waals surface area contributed by atoms with Crippen molar-refractivity contribution < 1.29 is 83.4 Å². The van der Waals surface area contributed by atoms with Crippen LogP contribution in [0, 0.1) is 0 Å². The minimum atomic E-state index is -4.82. The van der Waals surface area contributed by atoms with Crippen molar-refractivity contribution in [2.75, 3.05) is 13.2 Å². The molecule has 0 amide bonds. The summed E-state index contributed by atoms with van der Waals surface area (Å²) in [5.74, 6) is -1.54. The minimum absolute atomic E-state index is 0. The maximum atomic E-state index is 13.0. The summed E-state index contributed by atoms with van der Waals surface area (Å²) in [5, 5.41) is 0. The molecule has 9 heteroatoms. The smallest absolute Gasteiger partial charge is 0.744 e. The fourth-order valence-electron chi connectivity index (χ4n) is 7.95. The van der Waals surface area contributed by atoms with Crippen molar-refractivity contribution in [2.45, 2.75) is 249 Å². The van der Waals surface area contributed by atoms with Crippen LogP contribution in [0.2, 0.25) is 0 Å². The Morgan fingerprint density at radius 1 is 0.426 bits per heavy atom. The van der Waals surface area contributed by atoms with Crippen LogP contribution in [-0.2, 0) is 19.6 Å². The fraction of sp³-hybridized carbons (Fsp3) is 0.769. The van der Waals surface area contributed by atoms with Crippen LogP contribution < -0.4 is 51.4 Å². The zero-order valence-corrected chi connectivity index (χ0v) is 43.3. The van der Waals surface area contributed by atoms with Crippen molar-refractivity contribution in [3.05, 3.63) is 54.6 Å². The first-order chi connectivity index (χ1) is 29.3. The van der Waals surface area contributed by atoms with Crippen LogP contribution in [0.3, 0.4) is 0 Å². The van der Waals surface area contributed by atoms with Gasteiger partial charge in [0.1, 0.15) is 10.1 Å². The molecule has 0 atom stereocenters. The summed E-state index contributed by atoms with van der Waals surface area (Å²) in [6.45, 7) is 7.95. The molecule has 0 saturated carbocycles. The molecule has 0 saturated heterocycles. The third-order valence-electron chi connectivity index (χ3n) is 11.8. The average Bonchev–Trinajstić information content (AvgIpc) is 3.24. The Bertz CT molecular complexity index is 1310. The summed E-state index contributed by atoms with van der Waals surface area (Å²) < 4.78 is 45.9. The molecule has 1 rings (SSSR count). The second-order valence-electron chi connectivity index (χ2n) is 17.3. The van der Waals surface area contributed by atoms with Gasteiger partial charge < -0.3 is 14.0 Å². The fourth-order valence-corrected chi connectivity index (χ4v) is 8.45. The Kier molecular flexibility index (Phi) is 43.8. The van der Waals surface area contributed by atoms with Crippen LogP contribution in [0.15, 0.2) is 48.4 Å². The summed E-state index contributed by atoms with van der Waals surface area (Å²) in [6, 6.07) is 3.16. The first-order valence-electron chi connectivity index (χ1n) is 25.0. The number of benzene rings is 1. The number of esters is 2. The number of hydrogen-bond acceptors (Lipinski definition) is 7. The molecular weight excluding hydrogens is 808 g/mol. The van der Waals surface area contributed by atoms with Gasteiger partial charge in [-0.15, -0.1) is 13.2 Å². The molecular formula is C52H89KO7S. The van der Waals surface area contributed by atoms with Crippen molar-refractivity contribution in [1.29, 1.82) is 0 Å². The predicted molar refractivity (Wildman–Crippen MR) is 251 cm³/mol. The van der Waals surface area contributed by atoms with E-state index in [9.17, 15) is 22.6 Å². The van der Waals surface area contributed by atoms with E-state index in [1.165, 1.54) is 192 Å². The summed E-state index contributed by atoms with van der Waals surface area (Å²) in [6.07, 6.45) is 51.5. The van der Waals surface area contributed by atoms with E-state index in [2.05, 4.69) is 13.2 Å². The molecule has 0 N–H and O–H groups in total. The molecule has 1 aromatic carbocycles. The predicted octanol–water partition coefficient (Wildman–Crippen LogP) is 13.1. The van der Waals surface area contributed by atoms with Crippen molar-refractivity contribution in [3.8, 4) is 0 Å². The molecule has 346 valence electrons. The van der Waals surface area contributed by atoms with E-state index in [1.54, 1.807) is 0 Å². The third-order valence-corrected chi connectivity index (χ3v) is 12.6. The molecule has 61 heavy (non-hydrogen) atoms. The van der Waals surface area contributed by atoms with Crippen LogP contribution in [0.1, 0.15) is 265 Å². The van der Waals surface area contributed by atoms with Crippen LogP contribution in [-0.4, -0.2) is 38.1 Å². The number of allylic oxidation sites excluding steroid dienone is 2. The number of rotatable bonds is 45. The van der Waals surface area contributed by atoms with Gasteiger partial charge in [-0.25, -0.2) is 18.0 Å². The number of unbranched alkanes of at least 4 members (excludes halogenated alkanes) is 36. The molecule has 0 aliphatic heterocycles. The van der Waals surface area contributed by atoms with Gasteiger partial charge in [-0.05, 0) is 56.7 Å². The maximum absolute atomic E-state index is 13.0. The molecule has 0 aliphatic carbocycles. The normalized spacial score (nSPS) is 11.3. The Labute approximate surface area is 418 Å². The van der Waals surface area contributed by atoms with E-state index in [-0.39, 0.29) is 75.7 Å². The van der Waals surface area contributed by atoms with Crippen LogP contribution >= 0.6 is 0 Å². The van der Waals surface area contributed by atoms with E-state index in [0.717, 1.165) is 57.1 Å². The third kappa shape index (κ3) is 37.1. The molecule has 0 aromatic heterocycles. The van der Waals surface area contributed by atoms with Gasteiger partial charge in [0.15, 0.2) is 0 Å². The van der Waals surface area contributed by atoms with Crippen LogP contribution in [0.25, 0.3) is 0 Å². The van der Waals surface area contributed by atoms with E-state index in [1.807, 2.05) is 12.2 Å². The quantitative estimate of drug-likeness (QED) is 0.0211. The SMILES string of the molecule is C=CCCCCCCCCCCCCCCCCCCCCOC(=O)c1ccc(S(=O)(=O)[O-])cc1C(=O)OCCCCCCCCCCCCCCCCCCCCC=C.[K+]. The molecule has 0 fully saturated rings. The van der Waals surface area contributed by atoms with Gasteiger partial charge in [0, 0.05) is 0 Å². The van der Waals surface area contributed by atoms with Gasteiger partial charge in [0.05, 0.1) is 29.2 Å². The Balaban J connectivity index is 0.0000360. The zero-order valence-electron chi connectivity index (χ0n) is 39.4. The summed E-state index contributed by atoms with van der Waals surface area (Å²) >= 11 is 0. The molecule has 0 bridgehead atoms. The second-order valence-corrected chi connectivity index (χ2v) is 18.7. The topological polar surface area (TPSA) is 110 Å². The molecule has 0 unspecified atom stereocenters. The number of carbonyl (C=O) groups excluding carboxylic acids is 2. The van der Waals surface area contributed by atoms with Gasteiger partial charge in [0.25, 0.3) is 0 Å². The van der Waals surface area contributed by atoms with Gasteiger partial charge in [-0.3, -0.25) is 0 Å². The summed E-state index contributed by atoms with van der Waals surface area (Å²) in [5.41, 5.74) is -0.331. The molecule has 7 nitrogen and oxygen atoms in total.